The average Bonchev–Trinajstić information content (AvgIpc) is 2.54. The van der Waals surface area contributed by atoms with E-state index in [9.17, 15) is 0 Å². The van der Waals surface area contributed by atoms with Crippen molar-refractivity contribution in [1.82, 2.24) is 4.57 Å². The largest absolute Gasteiger partial charge is 0.320 e. The molecule has 1 heterocycles. The highest BCUT2D eigenvalue weighted by molar-refractivity contribution is 7.16. The van der Waals surface area contributed by atoms with E-state index in [4.69, 9.17) is 0 Å². The van der Waals surface area contributed by atoms with Crippen molar-refractivity contribution in [3.8, 4) is 0 Å². The van der Waals surface area contributed by atoms with Crippen LogP contribution in [0.1, 0.15) is 26.3 Å². The van der Waals surface area contributed by atoms with Crippen LogP contribution in [0.15, 0.2) is 23.2 Å². The molecule has 1 aromatic carbocycles. The molecule has 0 radical (unpaired) electrons. The van der Waals surface area contributed by atoms with Gasteiger partial charge in [-0.05, 0) is 23.1 Å². The summed E-state index contributed by atoms with van der Waals surface area (Å²) in [6.45, 7) is 6.73. The maximum absolute atomic E-state index is 4.28. The van der Waals surface area contributed by atoms with E-state index in [-0.39, 0.29) is 5.41 Å². The van der Waals surface area contributed by atoms with E-state index in [1.54, 1.807) is 11.3 Å². The summed E-state index contributed by atoms with van der Waals surface area (Å²) in [4.78, 5) is 5.35. The van der Waals surface area contributed by atoms with Crippen LogP contribution in [-0.4, -0.2) is 11.6 Å². The van der Waals surface area contributed by atoms with Crippen LogP contribution in [0.4, 0.5) is 0 Å². The molecule has 1 aromatic heterocycles. The minimum Gasteiger partial charge on any atom is -0.320 e. The highest BCUT2D eigenvalue weighted by Gasteiger charge is 2.14. The standard InChI is InChI=1S/C13H18N2S/c1-13(2,3)9-6-7-10-11(8-9)16-12(14-4)15(10)5/h6-8H,1-5H3. The van der Waals surface area contributed by atoms with E-state index in [1.807, 2.05) is 7.05 Å². The van der Waals surface area contributed by atoms with Gasteiger partial charge in [-0.2, -0.15) is 0 Å². The number of fused-ring (bicyclic) bond motifs is 1. The summed E-state index contributed by atoms with van der Waals surface area (Å²) >= 11 is 1.75. The fourth-order valence-electron chi connectivity index (χ4n) is 1.80. The number of benzene rings is 1. The first-order valence-electron chi connectivity index (χ1n) is 5.46. The zero-order valence-corrected chi connectivity index (χ0v) is 11.4. The third-order valence-electron chi connectivity index (χ3n) is 2.87. The first-order valence-corrected chi connectivity index (χ1v) is 6.28. The van der Waals surface area contributed by atoms with Gasteiger partial charge in [0.05, 0.1) is 10.2 Å². The highest BCUT2D eigenvalue weighted by Crippen LogP contribution is 2.26. The molecule has 0 atom stereocenters. The van der Waals surface area contributed by atoms with Gasteiger partial charge in [-0.15, -0.1) is 0 Å². The van der Waals surface area contributed by atoms with Crippen molar-refractivity contribution in [2.45, 2.75) is 26.2 Å². The molecule has 0 spiro atoms. The molecule has 0 saturated heterocycles. The predicted octanol–water partition coefficient (Wildman–Crippen LogP) is 3.07. The minimum atomic E-state index is 0.209. The van der Waals surface area contributed by atoms with E-state index in [2.05, 4.69) is 55.6 Å². The normalized spacial score (nSPS) is 13.7. The van der Waals surface area contributed by atoms with Crippen molar-refractivity contribution in [3.63, 3.8) is 0 Å². The van der Waals surface area contributed by atoms with Gasteiger partial charge < -0.3 is 4.57 Å². The number of nitrogens with zero attached hydrogens (tertiary/aromatic N) is 2. The van der Waals surface area contributed by atoms with Gasteiger partial charge in [0.1, 0.15) is 0 Å². The van der Waals surface area contributed by atoms with Gasteiger partial charge in [0.15, 0.2) is 4.80 Å². The lowest BCUT2D eigenvalue weighted by Gasteiger charge is -2.18. The molecule has 86 valence electrons. The summed E-state index contributed by atoms with van der Waals surface area (Å²) in [5.41, 5.74) is 2.85. The molecule has 0 N–H and O–H groups in total. The Hall–Kier alpha value is -1.09. The maximum atomic E-state index is 4.28. The molecule has 0 bridgehead atoms. The number of rotatable bonds is 0. The van der Waals surface area contributed by atoms with Crippen LogP contribution in [0.2, 0.25) is 0 Å². The summed E-state index contributed by atoms with van der Waals surface area (Å²) in [5, 5.41) is 0. The molecule has 0 aliphatic heterocycles. The lowest BCUT2D eigenvalue weighted by molar-refractivity contribution is 0.591. The first-order chi connectivity index (χ1) is 7.43. The van der Waals surface area contributed by atoms with Crippen LogP contribution >= 0.6 is 11.3 Å². The van der Waals surface area contributed by atoms with Gasteiger partial charge in [0.2, 0.25) is 0 Å². The zero-order valence-electron chi connectivity index (χ0n) is 10.5. The van der Waals surface area contributed by atoms with Crippen molar-refractivity contribution < 1.29 is 0 Å². The molecule has 0 aliphatic carbocycles. The third-order valence-corrected chi connectivity index (χ3v) is 4.05. The maximum Gasteiger partial charge on any atom is 0.185 e. The topological polar surface area (TPSA) is 17.3 Å². The Labute approximate surface area is 100 Å². The quantitative estimate of drug-likeness (QED) is 0.666. The molecule has 0 fully saturated rings. The molecular weight excluding hydrogens is 216 g/mol. The molecule has 0 unspecified atom stereocenters. The second kappa shape index (κ2) is 3.74. The molecule has 2 rings (SSSR count). The van der Waals surface area contributed by atoms with Gasteiger partial charge >= 0.3 is 0 Å². The number of aryl methyl sites for hydroxylation is 1. The molecule has 2 aromatic rings. The molecule has 3 heteroatoms. The minimum absolute atomic E-state index is 0.209. The number of hydrogen-bond acceptors (Lipinski definition) is 2. The summed E-state index contributed by atoms with van der Waals surface area (Å²) in [6, 6.07) is 6.70. The van der Waals surface area contributed by atoms with Crippen LogP contribution in [-0.2, 0) is 12.5 Å². The van der Waals surface area contributed by atoms with Gasteiger partial charge in [-0.25, -0.2) is 0 Å². The molecule has 2 nitrogen and oxygen atoms in total. The van der Waals surface area contributed by atoms with Crippen LogP contribution in [0.5, 0.6) is 0 Å². The second-order valence-electron chi connectivity index (χ2n) is 5.10. The predicted molar refractivity (Wildman–Crippen MR) is 71.0 cm³/mol. The fourth-order valence-corrected chi connectivity index (χ4v) is 2.82. The lowest BCUT2D eigenvalue weighted by Crippen LogP contribution is -2.11. The summed E-state index contributed by atoms with van der Waals surface area (Å²) in [5.74, 6) is 0. The summed E-state index contributed by atoms with van der Waals surface area (Å²) in [7, 11) is 3.91. The zero-order chi connectivity index (χ0) is 11.9. The van der Waals surface area contributed by atoms with Gasteiger partial charge in [0, 0.05) is 14.1 Å². The molecule has 16 heavy (non-hydrogen) atoms. The SMILES string of the molecule is CN=c1sc2cc(C(C)(C)C)ccc2n1C. The Kier molecular flexibility index (Phi) is 2.66. The van der Waals surface area contributed by atoms with E-state index >= 15 is 0 Å². The summed E-state index contributed by atoms with van der Waals surface area (Å²) < 4.78 is 3.46. The molecular formula is C13H18N2S. The Morgan fingerprint density at radius 2 is 1.94 bits per heavy atom. The number of aromatic nitrogens is 1. The van der Waals surface area contributed by atoms with Crippen LogP contribution in [0, 0.1) is 0 Å². The molecule has 0 aliphatic rings. The van der Waals surface area contributed by atoms with Crippen molar-refractivity contribution >= 4 is 21.6 Å². The number of hydrogen-bond donors (Lipinski definition) is 0. The first kappa shape index (κ1) is 11.4. The van der Waals surface area contributed by atoms with Gasteiger partial charge in [-0.3, -0.25) is 4.99 Å². The van der Waals surface area contributed by atoms with E-state index in [0.717, 1.165) is 4.80 Å². The van der Waals surface area contributed by atoms with Crippen LogP contribution in [0.3, 0.4) is 0 Å². The Morgan fingerprint density at radius 3 is 2.50 bits per heavy atom. The molecule has 0 amide bonds. The monoisotopic (exact) mass is 234 g/mol. The smallest absolute Gasteiger partial charge is 0.185 e. The lowest BCUT2D eigenvalue weighted by atomic mass is 9.87. The highest BCUT2D eigenvalue weighted by atomic mass is 32.1. The van der Waals surface area contributed by atoms with E-state index in [0.29, 0.717) is 0 Å². The second-order valence-corrected chi connectivity index (χ2v) is 6.11. The summed E-state index contributed by atoms with van der Waals surface area (Å²) in [6.07, 6.45) is 0. The third kappa shape index (κ3) is 1.80. The van der Waals surface area contributed by atoms with Gasteiger partial charge in [0.25, 0.3) is 0 Å². The Bertz CT molecular complexity index is 582. The average molecular weight is 234 g/mol. The van der Waals surface area contributed by atoms with E-state index in [1.165, 1.54) is 15.8 Å². The van der Waals surface area contributed by atoms with Gasteiger partial charge in [-0.1, -0.05) is 38.2 Å². The van der Waals surface area contributed by atoms with Crippen molar-refractivity contribution in [3.05, 3.63) is 28.6 Å². The Morgan fingerprint density at radius 1 is 1.25 bits per heavy atom. The van der Waals surface area contributed by atoms with Crippen molar-refractivity contribution in [2.75, 3.05) is 7.05 Å². The van der Waals surface area contributed by atoms with Crippen LogP contribution < -0.4 is 4.80 Å². The van der Waals surface area contributed by atoms with E-state index < -0.39 is 0 Å². The molecule has 0 saturated carbocycles. The fraction of sp³-hybridized carbons (Fsp3) is 0.462. The van der Waals surface area contributed by atoms with Crippen LogP contribution in [0.25, 0.3) is 10.2 Å². The Balaban J connectivity index is 2.74. The van der Waals surface area contributed by atoms with Crippen molar-refractivity contribution in [1.29, 1.82) is 0 Å². The van der Waals surface area contributed by atoms with Crippen molar-refractivity contribution in [2.24, 2.45) is 12.0 Å². The number of thiazole rings is 1.